The monoisotopic (exact) mass is 319 g/mol. The second kappa shape index (κ2) is 6.50. The summed E-state index contributed by atoms with van der Waals surface area (Å²) in [6, 6.07) is 5.76. The third-order valence-corrected chi connectivity index (χ3v) is 4.24. The summed E-state index contributed by atoms with van der Waals surface area (Å²) >= 11 is 6.12. The molecule has 0 aromatic carbocycles. The Bertz CT molecular complexity index is 702. The van der Waals surface area contributed by atoms with Crippen LogP contribution >= 0.6 is 11.6 Å². The minimum absolute atomic E-state index is 0.137. The van der Waals surface area contributed by atoms with Crippen molar-refractivity contribution in [3.8, 4) is 0 Å². The third-order valence-electron chi connectivity index (χ3n) is 3.96. The molecule has 3 rings (SSSR count). The molecule has 2 N–H and O–H groups in total. The Labute approximate surface area is 133 Å². The number of hydrogen-bond donors (Lipinski definition) is 2. The van der Waals surface area contributed by atoms with Gasteiger partial charge in [0.2, 0.25) is 5.91 Å². The molecule has 1 fully saturated rings. The molecule has 2 heterocycles. The van der Waals surface area contributed by atoms with Crippen molar-refractivity contribution in [3.63, 3.8) is 0 Å². The van der Waals surface area contributed by atoms with E-state index in [0.29, 0.717) is 10.8 Å². The SMILES string of the molecule is O=C(C=Cc1c(Cl)nc2ccccn12)NC1CCC(O)CC1. The molecule has 0 saturated heterocycles. The molecule has 5 nitrogen and oxygen atoms in total. The predicted molar refractivity (Wildman–Crippen MR) is 85.6 cm³/mol. The number of rotatable bonds is 3. The number of carbonyl (C=O) groups excluding carboxylic acids is 1. The fraction of sp³-hybridized carbons (Fsp3) is 0.375. The van der Waals surface area contributed by atoms with Crippen LogP contribution in [0.2, 0.25) is 5.15 Å². The molecule has 0 atom stereocenters. The lowest BCUT2D eigenvalue weighted by atomic mass is 9.93. The summed E-state index contributed by atoms with van der Waals surface area (Å²) in [7, 11) is 0. The minimum Gasteiger partial charge on any atom is -0.393 e. The highest BCUT2D eigenvalue weighted by Crippen LogP contribution is 2.20. The molecule has 0 radical (unpaired) electrons. The van der Waals surface area contributed by atoms with Crippen LogP contribution in [0, 0.1) is 0 Å². The standard InChI is InChI=1S/C16H18ClN3O2/c17-16-13(20-10-2-1-3-14(20)19-16)8-9-15(22)18-11-4-6-12(21)7-5-11/h1-3,8-12,21H,4-7H2,(H,18,22). The number of amides is 1. The average molecular weight is 320 g/mol. The van der Waals surface area contributed by atoms with Gasteiger partial charge in [0.1, 0.15) is 5.65 Å². The molecule has 2 aromatic rings. The number of nitrogens with zero attached hydrogens (tertiary/aromatic N) is 2. The highest BCUT2D eigenvalue weighted by molar-refractivity contribution is 6.31. The average Bonchev–Trinajstić information content (AvgIpc) is 2.83. The molecule has 2 aromatic heterocycles. The van der Waals surface area contributed by atoms with Gasteiger partial charge < -0.3 is 10.4 Å². The lowest BCUT2D eigenvalue weighted by Gasteiger charge is -2.25. The van der Waals surface area contributed by atoms with Crippen LogP contribution in [-0.2, 0) is 4.79 Å². The van der Waals surface area contributed by atoms with Crippen LogP contribution in [0.5, 0.6) is 0 Å². The van der Waals surface area contributed by atoms with E-state index in [1.807, 2.05) is 28.8 Å². The number of halogens is 1. The number of imidazole rings is 1. The van der Waals surface area contributed by atoms with Gasteiger partial charge in [-0.3, -0.25) is 9.20 Å². The number of pyridine rings is 1. The highest BCUT2D eigenvalue weighted by Gasteiger charge is 2.20. The molecule has 0 bridgehead atoms. The highest BCUT2D eigenvalue weighted by atomic mass is 35.5. The molecular formula is C16H18ClN3O2. The number of aromatic nitrogens is 2. The summed E-state index contributed by atoms with van der Waals surface area (Å²) in [5, 5.41) is 12.8. The maximum absolute atomic E-state index is 12.0. The van der Waals surface area contributed by atoms with E-state index < -0.39 is 0 Å². The van der Waals surface area contributed by atoms with Crippen LogP contribution in [0.25, 0.3) is 11.7 Å². The van der Waals surface area contributed by atoms with Gasteiger partial charge in [-0.15, -0.1) is 0 Å². The Morgan fingerprint density at radius 3 is 2.91 bits per heavy atom. The lowest BCUT2D eigenvalue weighted by Crippen LogP contribution is -2.37. The summed E-state index contributed by atoms with van der Waals surface area (Å²) in [6.07, 6.45) is 7.91. The van der Waals surface area contributed by atoms with Crippen LogP contribution in [0.1, 0.15) is 31.4 Å². The molecule has 1 aliphatic rings. The van der Waals surface area contributed by atoms with Gasteiger partial charge >= 0.3 is 0 Å². The zero-order valence-electron chi connectivity index (χ0n) is 12.1. The molecule has 1 saturated carbocycles. The number of aliphatic hydroxyl groups is 1. The van der Waals surface area contributed by atoms with E-state index in [9.17, 15) is 9.90 Å². The quantitative estimate of drug-likeness (QED) is 0.854. The molecule has 0 spiro atoms. The van der Waals surface area contributed by atoms with Crippen LogP contribution in [0.15, 0.2) is 30.5 Å². The zero-order valence-corrected chi connectivity index (χ0v) is 12.8. The largest absolute Gasteiger partial charge is 0.393 e. The molecule has 22 heavy (non-hydrogen) atoms. The van der Waals surface area contributed by atoms with E-state index in [-0.39, 0.29) is 18.1 Å². The van der Waals surface area contributed by atoms with Crippen molar-refractivity contribution < 1.29 is 9.90 Å². The molecule has 116 valence electrons. The fourth-order valence-electron chi connectivity index (χ4n) is 2.76. The maximum atomic E-state index is 12.0. The fourth-order valence-corrected chi connectivity index (χ4v) is 3.00. The Hall–Kier alpha value is -1.85. The Kier molecular flexibility index (Phi) is 4.45. The van der Waals surface area contributed by atoms with Gasteiger partial charge in [0.05, 0.1) is 11.8 Å². The van der Waals surface area contributed by atoms with Crippen molar-refractivity contribution in [1.82, 2.24) is 14.7 Å². The minimum atomic E-state index is -0.222. The van der Waals surface area contributed by atoms with Crippen molar-refractivity contribution in [2.75, 3.05) is 0 Å². The first-order valence-corrected chi connectivity index (χ1v) is 7.80. The van der Waals surface area contributed by atoms with E-state index in [0.717, 1.165) is 31.3 Å². The molecule has 1 aliphatic carbocycles. The van der Waals surface area contributed by atoms with Gasteiger partial charge in [-0.25, -0.2) is 4.98 Å². The van der Waals surface area contributed by atoms with Gasteiger partial charge in [-0.1, -0.05) is 17.7 Å². The summed E-state index contributed by atoms with van der Waals surface area (Å²) in [4.78, 5) is 16.2. The van der Waals surface area contributed by atoms with Gasteiger partial charge in [-0.2, -0.15) is 0 Å². The van der Waals surface area contributed by atoms with Gasteiger partial charge in [-0.05, 0) is 43.9 Å². The normalized spacial score (nSPS) is 22.3. The molecule has 0 aliphatic heterocycles. The molecular weight excluding hydrogens is 302 g/mol. The lowest BCUT2D eigenvalue weighted by molar-refractivity contribution is -0.117. The van der Waals surface area contributed by atoms with E-state index in [4.69, 9.17) is 11.6 Å². The third kappa shape index (κ3) is 3.31. The number of carbonyl (C=O) groups is 1. The van der Waals surface area contributed by atoms with Crippen molar-refractivity contribution >= 4 is 29.2 Å². The van der Waals surface area contributed by atoms with Crippen LogP contribution in [-0.4, -0.2) is 32.5 Å². The van der Waals surface area contributed by atoms with Crippen molar-refractivity contribution in [3.05, 3.63) is 41.3 Å². The second-order valence-corrected chi connectivity index (χ2v) is 5.92. The Morgan fingerprint density at radius 2 is 2.14 bits per heavy atom. The number of fused-ring (bicyclic) bond motifs is 1. The van der Waals surface area contributed by atoms with Crippen LogP contribution < -0.4 is 5.32 Å². The summed E-state index contributed by atoms with van der Waals surface area (Å²) in [6.45, 7) is 0. The molecule has 6 heteroatoms. The summed E-state index contributed by atoms with van der Waals surface area (Å²) in [5.41, 5.74) is 1.43. The molecule has 1 amide bonds. The van der Waals surface area contributed by atoms with Crippen LogP contribution in [0.3, 0.4) is 0 Å². The first kappa shape index (κ1) is 15.1. The second-order valence-electron chi connectivity index (χ2n) is 5.56. The van der Waals surface area contributed by atoms with Gasteiger partial charge in [0, 0.05) is 18.3 Å². The summed E-state index contributed by atoms with van der Waals surface area (Å²) < 4.78 is 1.84. The van der Waals surface area contributed by atoms with Gasteiger partial charge in [0.15, 0.2) is 5.15 Å². The number of aliphatic hydroxyl groups excluding tert-OH is 1. The summed E-state index contributed by atoms with van der Waals surface area (Å²) in [5.74, 6) is -0.150. The van der Waals surface area contributed by atoms with Crippen LogP contribution in [0.4, 0.5) is 0 Å². The smallest absolute Gasteiger partial charge is 0.244 e. The number of nitrogens with one attached hydrogen (secondary N) is 1. The topological polar surface area (TPSA) is 66.6 Å². The predicted octanol–water partition coefficient (Wildman–Crippen LogP) is 2.42. The van der Waals surface area contributed by atoms with Crippen molar-refractivity contribution in [2.24, 2.45) is 0 Å². The van der Waals surface area contributed by atoms with E-state index in [2.05, 4.69) is 10.3 Å². The van der Waals surface area contributed by atoms with E-state index in [1.165, 1.54) is 6.08 Å². The Morgan fingerprint density at radius 1 is 1.36 bits per heavy atom. The van der Waals surface area contributed by atoms with Crippen molar-refractivity contribution in [1.29, 1.82) is 0 Å². The zero-order chi connectivity index (χ0) is 15.5. The first-order valence-electron chi connectivity index (χ1n) is 7.42. The first-order chi connectivity index (χ1) is 10.6. The number of hydrogen-bond acceptors (Lipinski definition) is 3. The van der Waals surface area contributed by atoms with E-state index in [1.54, 1.807) is 6.08 Å². The Balaban J connectivity index is 1.67. The van der Waals surface area contributed by atoms with E-state index >= 15 is 0 Å². The van der Waals surface area contributed by atoms with Gasteiger partial charge in [0.25, 0.3) is 0 Å². The van der Waals surface area contributed by atoms with Crippen molar-refractivity contribution in [2.45, 2.75) is 37.8 Å². The maximum Gasteiger partial charge on any atom is 0.244 e. The molecule has 0 unspecified atom stereocenters.